The molecule has 0 bridgehead atoms. The number of alkyl carbamates (subject to hydrolysis) is 2. The molecule has 0 radical (unpaired) electrons. The van der Waals surface area contributed by atoms with Gasteiger partial charge in [0.15, 0.2) is 0 Å². The molecule has 4 amide bonds. The Morgan fingerprint density at radius 2 is 1.67 bits per heavy atom. The number of rotatable bonds is 11. The predicted octanol–water partition coefficient (Wildman–Crippen LogP) is 7.14. The van der Waals surface area contributed by atoms with Gasteiger partial charge in [-0.05, 0) is 95.2 Å². The first-order chi connectivity index (χ1) is 31.0. The van der Waals surface area contributed by atoms with Crippen LogP contribution >= 0.6 is 0 Å². The molecule has 3 aromatic carbocycles. The summed E-state index contributed by atoms with van der Waals surface area (Å²) in [4.78, 5) is 69.9. The number of ether oxygens (including phenoxy) is 4. The average Bonchev–Trinajstić information content (AvgIpc) is 4.15. The number of methoxy groups -OCH3 is 3. The number of H-pyrrole nitrogens is 1. The van der Waals surface area contributed by atoms with Gasteiger partial charge in [-0.15, -0.1) is 0 Å². The molecule has 4 aliphatic heterocycles. The third-order valence-corrected chi connectivity index (χ3v) is 13.4. The van der Waals surface area contributed by atoms with Gasteiger partial charge in [-0.1, -0.05) is 56.3 Å². The summed E-state index contributed by atoms with van der Waals surface area (Å²) in [6.07, 6.45) is 5.09. The second-order valence-electron chi connectivity index (χ2n) is 17.6. The number of nitrogens with zero attached hydrogens (tertiary/aromatic N) is 4. The van der Waals surface area contributed by atoms with Crippen molar-refractivity contribution in [2.24, 2.45) is 16.8 Å². The van der Waals surface area contributed by atoms with E-state index < -0.39 is 24.3 Å². The van der Waals surface area contributed by atoms with E-state index in [2.05, 4.69) is 45.9 Å². The summed E-state index contributed by atoms with van der Waals surface area (Å²) in [7, 11) is 4.27. The number of carbonyl (C=O) groups excluding carboxylic acids is 4. The Bertz CT molecular complexity index is 2530. The average molecular weight is 870 g/mol. The number of imidazole rings is 1. The van der Waals surface area contributed by atoms with Crippen LogP contribution in [0.25, 0.3) is 28.0 Å². The Balaban J connectivity index is 0.924. The molecule has 15 nitrogen and oxygen atoms in total. The maximum absolute atomic E-state index is 14.5. The van der Waals surface area contributed by atoms with Gasteiger partial charge in [0, 0.05) is 49.5 Å². The van der Waals surface area contributed by atoms with Gasteiger partial charge in [0.05, 0.1) is 44.8 Å². The van der Waals surface area contributed by atoms with E-state index in [9.17, 15) is 19.2 Å². The third-order valence-electron chi connectivity index (χ3n) is 13.4. The van der Waals surface area contributed by atoms with Crippen molar-refractivity contribution in [1.82, 2.24) is 30.4 Å². The molecule has 2 fully saturated rings. The highest BCUT2D eigenvalue weighted by atomic mass is 16.5. The van der Waals surface area contributed by atoms with Gasteiger partial charge >= 0.3 is 12.2 Å². The molecule has 5 atom stereocenters. The minimum atomic E-state index is -0.913. The van der Waals surface area contributed by atoms with Crippen molar-refractivity contribution in [2.75, 3.05) is 41.0 Å². The monoisotopic (exact) mass is 869 g/mol. The first-order valence-corrected chi connectivity index (χ1v) is 22.2. The second kappa shape index (κ2) is 17.9. The number of benzene rings is 3. The van der Waals surface area contributed by atoms with Gasteiger partial charge in [-0.2, -0.15) is 0 Å². The number of fused-ring (bicyclic) bond motifs is 5. The minimum Gasteiger partial charge on any atom is -0.488 e. The van der Waals surface area contributed by atoms with Crippen LogP contribution in [0.2, 0.25) is 0 Å². The number of aryl methyl sites for hydroxylation is 1. The van der Waals surface area contributed by atoms with Crippen LogP contribution < -0.4 is 15.4 Å². The fraction of sp³-hybridized carbons (Fsp3) is 0.429. The van der Waals surface area contributed by atoms with Crippen molar-refractivity contribution in [3.8, 4) is 28.1 Å². The smallest absolute Gasteiger partial charge is 0.407 e. The van der Waals surface area contributed by atoms with E-state index in [0.29, 0.717) is 50.5 Å². The van der Waals surface area contributed by atoms with Gasteiger partial charge in [0.25, 0.3) is 0 Å². The zero-order valence-corrected chi connectivity index (χ0v) is 36.9. The van der Waals surface area contributed by atoms with E-state index in [0.717, 1.165) is 76.4 Å². The Morgan fingerprint density at radius 1 is 0.875 bits per heavy atom. The Hall–Kier alpha value is -6.48. The summed E-state index contributed by atoms with van der Waals surface area (Å²) in [5.74, 6) is 1.20. The zero-order valence-electron chi connectivity index (χ0n) is 36.9. The zero-order chi connectivity index (χ0) is 44.6. The number of nitrogens with one attached hydrogen (secondary N) is 3. The molecule has 0 unspecified atom stereocenters. The van der Waals surface area contributed by atoms with Crippen molar-refractivity contribution in [1.29, 1.82) is 0 Å². The highest BCUT2D eigenvalue weighted by molar-refractivity contribution is 6.06. The molecule has 0 saturated carbocycles. The second-order valence-corrected chi connectivity index (χ2v) is 17.6. The van der Waals surface area contributed by atoms with Crippen LogP contribution in [-0.2, 0) is 36.8 Å². The molecule has 1 aliphatic carbocycles. The van der Waals surface area contributed by atoms with Crippen molar-refractivity contribution in [2.45, 2.75) is 83.1 Å². The van der Waals surface area contributed by atoms with Crippen LogP contribution in [0.4, 0.5) is 9.59 Å². The van der Waals surface area contributed by atoms with Crippen LogP contribution in [-0.4, -0.2) is 103 Å². The van der Waals surface area contributed by atoms with Gasteiger partial charge < -0.3 is 44.4 Å². The van der Waals surface area contributed by atoms with Crippen LogP contribution in [0.5, 0.6) is 5.75 Å². The van der Waals surface area contributed by atoms with Crippen LogP contribution in [0, 0.1) is 11.8 Å². The lowest BCUT2D eigenvalue weighted by Crippen LogP contribution is -2.51. The lowest BCUT2D eigenvalue weighted by Gasteiger charge is -2.30. The summed E-state index contributed by atoms with van der Waals surface area (Å²) in [6.45, 7) is 5.80. The SMILES string of the molecule is COC[C@H]1C[C@@H](C2=NC3=C(C2)c2cc4c(cc2CC3)-c2ccc(-c3cnc([C@@H]5CCCN5C(=O)[C@@H](NC(=O)OC)C(C)C)[nH]3)cc2CO4)N(C(=O)[C@H](NC(=O)OC)c2ccccc2)C1. The normalized spacial score (nSPS) is 20.7. The lowest BCUT2D eigenvalue weighted by molar-refractivity contribution is -0.135. The number of allylic oxidation sites excluding steroid dienone is 2. The van der Waals surface area contributed by atoms with Crippen LogP contribution in [0.3, 0.4) is 0 Å². The maximum atomic E-state index is 14.5. The highest BCUT2D eigenvalue weighted by Crippen LogP contribution is 2.47. The molecule has 5 aliphatic rings. The highest BCUT2D eigenvalue weighted by Gasteiger charge is 2.44. The van der Waals surface area contributed by atoms with E-state index in [4.69, 9.17) is 28.9 Å². The summed E-state index contributed by atoms with van der Waals surface area (Å²) < 4.78 is 21.8. The number of aromatic amines is 1. The van der Waals surface area contributed by atoms with E-state index in [1.165, 1.54) is 25.4 Å². The molecule has 64 heavy (non-hydrogen) atoms. The number of hydrogen-bond donors (Lipinski definition) is 3. The summed E-state index contributed by atoms with van der Waals surface area (Å²) in [5.41, 5.74) is 11.3. The molecular weight excluding hydrogens is 815 g/mol. The molecule has 2 saturated heterocycles. The Morgan fingerprint density at radius 3 is 2.44 bits per heavy atom. The Kier molecular flexibility index (Phi) is 12.0. The van der Waals surface area contributed by atoms with Crippen molar-refractivity contribution >= 4 is 35.3 Å². The van der Waals surface area contributed by atoms with Crippen molar-refractivity contribution in [3.63, 3.8) is 0 Å². The van der Waals surface area contributed by atoms with Gasteiger partial charge in [0.1, 0.15) is 30.3 Å². The fourth-order valence-electron chi connectivity index (χ4n) is 10.2. The number of amides is 4. The molecule has 1 aromatic heterocycles. The third kappa shape index (κ3) is 8.12. The topological polar surface area (TPSA) is 177 Å². The lowest BCUT2D eigenvalue weighted by atomic mass is 9.83. The van der Waals surface area contributed by atoms with Gasteiger partial charge in [-0.25, -0.2) is 14.6 Å². The number of hydrogen-bond acceptors (Lipinski definition) is 10. The molecule has 9 rings (SSSR count). The minimum absolute atomic E-state index is 0.117. The first kappa shape index (κ1) is 42.8. The molecule has 334 valence electrons. The summed E-state index contributed by atoms with van der Waals surface area (Å²) in [6, 6.07) is 18.0. The molecule has 4 aromatic rings. The number of aliphatic imine (C=N–C) groups is 1. The number of likely N-dealkylation sites (tertiary alicyclic amines) is 2. The van der Waals surface area contributed by atoms with E-state index >= 15 is 0 Å². The van der Waals surface area contributed by atoms with Gasteiger partial charge in [-0.3, -0.25) is 14.6 Å². The van der Waals surface area contributed by atoms with E-state index in [1.54, 1.807) is 7.11 Å². The quantitative estimate of drug-likeness (QED) is 0.141. The number of carbonyl (C=O) groups is 4. The van der Waals surface area contributed by atoms with E-state index in [-0.39, 0.29) is 35.7 Å². The molecular formula is C49H55N7O8. The molecule has 0 spiro atoms. The first-order valence-electron chi connectivity index (χ1n) is 22.2. The van der Waals surface area contributed by atoms with E-state index in [1.807, 2.05) is 60.2 Å². The summed E-state index contributed by atoms with van der Waals surface area (Å²) in [5, 5.41) is 5.49. The predicted molar refractivity (Wildman–Crippen MR) is 239 cm³/mol. The molecule has 5 heterocycles. The Labute approximate surface area is 372 Å². The molecule has 15 heteroatoms. The fourth-order valence-corrected chi connectivity index (χ4v) is 10.2. The van der Waals surface area contributed by atoms with Crippen molar-refractivity contribution in [3.05, 3.63) is 101 Å². The van der Waals surface area contributed by atoms with Crippen LogP contribution in [0.15, 0.2) is 77.5 Å². The largest absolute Gasteiger partial charge is 0.488 e. The van der Waals surface area contributed by atoms with Crippen molar-refractivity contribution < 1.29 is 38.1 Å². The number of aromatic nitrogens is 2. The summed E-state index contributed by atoms with van der Waals surface area (Å²) >= 11 is 0. The molecule has 3 N–H and O–H groups in total. The van der Waals surface area contributed by atoms with Crippen LogP contribution in [0.1, 0.15) is 86.1 Å². The maximum Gasteiger partial charge on any atom is 0.407 e. The standard InChI is InChI=1S/C49H55N7O8/c1-27(2)43(53-48(59)62-4)46(57)55-17-9-12-40(55)45-50-23-39(52-45)31-13-15-33-32(19-31)26-64-42-22-34-30(20-36(33)42)14-16-37-35(34)21-38(51-37)41-18-28(25-61-3)24-56(41)47(58)44(54-49(60)63-5)29-10-7-6-8-11-29/h6-8,10-11,13,15,19-20,22-23,27-28,40-41,43-44H,9,12,14,16-18,21,24-26H2,1-5H3,(H,50,52)(H,53,59)(H,54,60)/t28-,40-,41-,43-,44+/m0/s1. The van der Waals surface area contributed by atoms with Gasteiger partial charge in [0.2, 0.25) is 11.8 Å².